The summed E-state index contributed by atoms with van der Waals surface area (Å²) in [5.74, 6) is 1.47. The number of hydrogen-bond acceptors (Lipinski definition) is 5. The van der Waals surface area contributed by atoms with E-state index >= 15 is 0 Å². The molecule has 1 aliphatic rings. The number of fused-ring (bicyclic) bond motifs is 1. The van der Waals surface area contributed by atoms with Gasteiger partial charge in [-0.05, 0) is 60.2 Å². The molecule has 2 unspecified atom stereocenters. The molecule has 0 aliphatic heterocycles. The van der Waals surface area contributed by atoms with E-state index in [4.69, 9.17) is 0 Å². The van der Waals surface area contributed by atoms with Crippen LogP contribution in [0.1, 0.15) is 44.6 Å². The van der Waals surface area contributed by atoms with Crippen LogP contribution in [0.3, 0.4) is 0 Å². The molecule has 1 aromatic heterocycles. The Morgan fingerprint density at radius 3 is 2.85 bits per heavy atom. The fourth-order valence-electron chi connectivity index (χ4n) is 3.63. The van der Waals surface area contributed by atoms with Gasteiger partial charge in [0, 0.05) is 18.3 Å². The Kier molecular flexibility index (Phi) is 4.74. The van der Waals surface area contributed by atoms with Gasteiger partial charge in [0.25, 0.3) is 0 Å². The Labute approximate surface area is 162 Å². The van der Waals surface area contributed by atoms with Crippen LogP contribution in [0, 0.1) is 5.92 Å². The third-order valence-electron chi connectivity index (χ3n) is 4.97. The van der Waals surface area contributed by atoms with Crippen LogP contribution >= 0.6 is 11.3 Å². The van der Waals surface area contributed by atoms with Crippen LogP contribution in [-0.2, 0) is 4.79 Å². The molecule has 2 atom stereocenters. The highest BCUT2D eigenvalue weighted by Gasteiger charge is 2.38. The molecule has 1 amide bonds. The van der Waals surface area contributed by atoms with E-state index in [9.17, 15) is 9.90 Å². The number of amides is 1. The summed E-state index contributed by atoms with van der Waals surface area (Å²) < 4.78 is 1.01. The van der Waals surface area contributed by atoms with Crippen molar-refractivity contribution in [1.82, 2.24) is 4.98 Å². The minimum atomic E-state index is -0.0877. The van der Waals surface area contributed by atoms with Gasteiger partial charge in [-0.15, -0.1) is 0 Å². The second kappa shape index (κ2) is 7.19. The molecule has 4 rings (SSSR count). The van der Waals surface area contributed by atoms with Crippen LogP contribution in [0.25, 0.3) is 10.2 Å². The highest BCUT2D eigenvalue weighted by atomic mass is 32.1. The number of phenolic OH excluding ortho intramolecular Hbond substituents is 1. The van der Waals surface area contributed by atoms with Crippen LogP contribution in [0.15, 0.2) is 36.4 Å². The van der Waals surface area contributed by atoms with Crippen LogP contribution in [-0.4, -0.2) is 16.0 Å². The van der Waals surface area contributed by atoms with Gasteiger partial charge in [-0.3, -0.25) is 4.79 Å². The van der Waals surface area contributed by atoms with Gasteiger partial charge in [0.2, 0.25) is 5.91 Å². The third kappa shape index (κ3) is 3.90. The van der Waals surface area contributed by atoms with Crippen molar-refractivity contribution in [1.29, 1.82) is 0 Å². The van der Waals surface area contributed by atoms with E-state index in [1.807, 2.05) is 30.3 Å². The van der Waals surface area contributed by atoms with E-state index in [-0.39, 0.29) is 5.91 Å². The molecule has 6 heteroatoms. The van der Waals surface area contributed by atoms with E-state index in [1.165, 1.54) is 19.8 Å². The molecule has 0 bridgehead atoms. The van der Waals surface area contributed by atoms with Crippen molar-refractivity contribution in [3.63, 3.8) is 0 Å². The molecule has 0 spiro atoms. The maximum Gasteiger partial charge on any atom is 0.221 e. The first-order chi connectivity index (χ1) is 13.0. The largest absolute Gasteiger partial charge is 0.508 e. The second-order valence-electron chi connectivity index (χ2n) is 7.17. The summed E-state index contributed by atoms with van der Waals surface area (Å²) in [5.41, 5.74) is 3.63. The van der Waals surface area contributed by atoms with E-state index < -0.39 is 0 Å². The summed E-state index contributed by atoms with van der Waals surface area (Å²) in [4.78, 5) is 15.8. The van der Waals surface area contributed by atoms with Gasteiger partial charge in [0.1, 0.15) is 5.75 Å². The van der Waals surface area contributed by atoms with Gasteiger partial charge in [0.15, 0.2) is 5.13 Å². The first-order valence-electron chi connectivity index (χ1n) is 9.31. The number of thiazole rings is 1. The molecule has 1 aliphatic carbocycles. The van der Waals surface area contributed by atoms with E-state index in [0.717, 1.165) is 38.7 Å². The number of hydrogen-bond donors (Lipinski definition) is 3. The normalized spacial score (nSPS) is 18.4. The number of carbonyl (C=O) groups excluding carboxylic acids is 1. The van der Waals surface area contributed by atoms with Crippen LogP contribution in [0.2, 0.25) is 0 Å². The highest BCUT2D eigenvalue weighted by molar-refractivity contribution is 7.22. The molecule has 140 valence electrons. The first kappa shape index (κ1) is 17.8. The fraction of sp³-hybridized carbons (Fsp3) is 0.333. The number of benzene rings is 2. The number of phenols is 1. The lowest BCUT2D eigenvalue weighted by molar-refractivity contribution is -0.114. The number of aromatic nitrogens is 1. The summed E-state index contributed by atoms with van der Waals surface area (Å²) in [6.45, 7) is 3.70. The Morgan fingerprint density at radius 2 is 2.07 bits per heavy atom. The van der Waals surface area contributed by atoms with Gasteiger partial charge in [-0.1, -0.05) is 31.1 Å². The van der Waals surface area contributed by atoms with E-state index in [1.54, 1.807) is 17.4 Å². The lowest BCUT2D eigenvalue weighted by Gasteiger charge is -2.08. The quantitative estimate of drug-likeness (QED) is 0.485. The van der Waals surface area contributed by atoms with Crippen LogP contribution < -0.4 is 10.6 Å². The van der Waals surface area contributed by atoms with Crippen molar-refractivity contribution in [3.8, 4) is 5.75 Å². The third-order valence-corrected chi connectivity index (χ3v) is 5.90. The number of aromatic hydroxyl groups is 1. The number of anilines is 3. The zero-order valence-electron chi connectivity index (χ0n) is 15.5. The molecule has 27 heavy (non-hydrogen) atoms. The molecule has 3 N–H and O–H groups in total. The SMILES string of the molecule is CCCC1CC1c1cc(Nc2nc3ccc(NC(C)=O)cc3s2)ccc1O. The van der Waals surface area contributed by atoms with Gasteiger partial charge in [0.05, 0.1) is 10.2 Å². The van der Waals surface area contributed by atoms with Crippen molar-refractivity contribution in [2.24, 2.45) is 5.92 Å². The number of rotatable bonds is 6. The molecule has 3 aromatic rings. The Balaban J connectivity index is 1.54. The molecular formula is C21H23N3O2S. The summed E-state index contributed by atoms with van der Waals surface area (Å²) in [6, 6.07) is 11.4. The molecule has 1 saturated carbocycles. The fourth-order valence-corrected chi connectivity index (χ4v) is 4.56. The van der Waals surface area contributed by atoms with Crippen LogP contribution in [0.5, 0.6) is 5.75 Å². The predicted molar refractivity (Wildman–Crippen MR) is 111 cm³/mol. The molecule has 1 fully saturated rings. The van der Waals surface area contributed by atoms with Crippen molar-refractivity contribution >= 4 is 44.0 Å². The van der Waals surface area contributed by atoms with Gasteiger partial charge in [-0.25, -0.2) is 4.98 Å². The smallest absolute Gasteiger partial charge is 0.221 e. The van der Waals surface area contributed by atoms with E-state index in [2.05, 4.69) is 22.5 Å². The molecule has 0 saturated heterocycles. The molecule has 0 radical (unpaired) electrons. The van der Waals surface area contributed by atoms with Crippen molar-refractivity contribution in [3.05, 3.63) is 42.0 Å². The van der Waals surface area contributed by atoms with Crippen LogP contribution in [0.4, 0.5) is 16.5 Å². The number of nitrogens with zero attached hydrogens (tertiary/aromatic N) is 1. The Morgan fingerprint density at radius 1 is 1.26 bits per heavy atom. The van der Waals surface area contributed by atoms with Gasteiger partial charge in [-0.2, -0.15) is 0 Å². The Hall–Kier alpha value is -2.60. The summed E-state index contributed by atoms with van der Waals surface area (Å²) in [7, 11) is 0. The lowest BCUT2D eigenvalue weighted by atomic mass is 10.1. The average Bonchev–Trinajstić information content (AvgIpc) is 3.26. The summed E-state index contributed by atoms with van der Waals surface area (Å²) in [6.07, 6.45) is 3.57. The van der Waals surface area contributed by atoms with Gasteiger partial charge >= 0.3 is 0 Å². The Bertz CT molecular complexity index is 998. The number of carbonyl (C=O) groups is 1. The molecule has 2 aromatic carbocycles. The minimum Gasteiger partial charge on any atom is -0.508 e. The van der Waals surface area contributed by atoms with Crippen molar-refractivity contribution < 1.29 is 9.90 Å². The second-order valence-corrected chi connectivity index (χ2v) is 8.20. The lowest BCUT2D eigenvalue weighted by Crippen LogP contribution is -2.05. The zero-order chi connectivity index (χ0) is 19.0. The average molecular weight is 382 g/mol. The monoisotopic (exact) mass is 381 g/mol. The number of nitrogens with one attached hydrogen (secondary N) is 2. The summed E-state index contributed by atoms with van der Waals surface area (Å²) >= 11 is 1.54. The van der Waals surface area contributed by atoms with Gasteiger partial charge < -0.3 is 15.7 Å². The molecule has 1 heterocycles. The first-order valence-corrected chi connectivity index (χ1v) is 10.1. The van der Waals surface area contributed by atoms with Crippen molar-refractivity contribution in [2.75, 3.05) is 10.6 Å². The minimum absolute atomic E-state index is 0.0877. The molecule has 5 nitrogen and oxygen atoms in total. The van der Waals surface area contributed by atoms with E-state index in [0.29, 0.717) is 17.6 Å². The molecular weight excluding hydrogens is 358 g/mol. The maximum absolute atomic E-state index is 11.2. The van der Waals surface area contributed by atoms with Crippen molar-refractivity contribution in [2.45, 2.75) is 39.0 Å². The maximum atomic E-state index is 11.2. The highest BCUT2D eigenvalue weighted by Crippen LogP contribution is 2.53. The topological polar surface area (TPSA) is 74.2 Å². The summed E-state index contributed by atoms with van der Waals surface area (Å²) in [5, 5.41) is 17.2. The predicted octanol–water partition coefficient (Wildman–Crippen LogP) is 5.61. The zero-order valence-corrected chi connectivity index (χ0v) is 16.3. The standard InChI is InChI=1S/C21H23N3O2S/c1-3-4-13-9-16(13)17-10-14(6-8-19(17)26)23-21-24-18-7-5-15(22-12(2)25)11-20(18)27-21/h5-8,10-11,13,16,26H,3-4,9H2,1-2H3,(H,22,25)(H,23,24).